The van der Waals surface area contributed by atoms with E-state index in [9.17, 15) is 10.2 Å². The highest BCUT2D eigenvalue weighted by molar-refractivity contribution is 6.30. The maximum atomic E-state index is 10.2. The third-order valence-corrected chi connectivity index (χ3v) is 4.74. The predicted molar refractivity (Wildman–Crippen MR) is 95.7 cm³/mol. The second-order valence-corrected chi connectivity index (χ2v) is 6.68. The molecule has 1 saturated heterocycles. The van der Waals surface area contributed by atoms with Gasteiger partial charge in [0.2, 0.25) is 0 Å². The molecule has 136 valence electrons. The van der Waals surface area contributed by atoms with Gasteiger partial charge in [0.15, 0.2) is 23.2 Å². The summed E-state index contributed by atoms with van der Waals surface area (Å²) in [6.45, 7) is 2.26. The molecule has 0 unspecified atom stereocenters. The Kier molecular flexibility index (Phi) is 4.49. The highest BCUT2D eigenvalue weighted by Crippen LogP contribution is 2.32. The van der Waals surface area contributed by atoms with Gasteiger partial charge in [0.05, 0.1) is 12.4 Å². The number of aromatic nitrogens is 4. The van der Waals surface area contributed by atoms with E-state index in [-0.39, 0.29) is 0 Å². The first-order valence-electron chi connectivity index (χ1n) is 8.22. The summed E-state index contributed by atoms with van der Waals surface area (Å²) in [5.74, 6) is 0.574. The van der Waals surface area contributed by atoms with Gasteiger partial charge in [-0.05, 0) is 24.6 Å². The molecule has 0 aliphatic carbocycles. The lowest BCUT2D eigenvalue weighted by atomic mass is 10.1. The van der Waals surface area contributed by atoms with Gasteiger partial charge >= 0.3 is 0 Å². The molecule has 3 aromatic rings. The zero-order valence-corrected chi connectivity index (χ0v) is 14.7. The maximum Gasteiger partial charge on any atom is 0.167 e. The molecule has 2 aromatic heterocycles. The van der Waals surface area contributed by atoms with Crippen LogP contribution in [0.1, 0.15) is 18.7 Å². The molecule has 8 nitrogen and oxygen atoms in total. The molecule has 9 heteroatoms. The Morgan fingerprint density at radius 3 is 2.62 bits per heavy atom. The van der Waals surface area contributed by atoms with Crippen molar-refractivity contribution in [1.82, 2.24) is 19.5 Å². The Balaban J connectivity index is 1.60. The van der Waals surface area contributed by atoms with Crippen LogP contribution in [0.15, 0.2) is 36.9 Å². The van der Waals surface area contributed by atoms with Crippen LogP contribution >= 0.6 is 11.6 Å². The van der Waals surface area contributed by atoms with E-state index in [0.717, 1.165) is 5.56 Å². The number of aliphatic hydroxyl groups excluding tert-OH is 2. The minimum absolute atomic E-state index is 0.475. The number of halogens is 1. The van der Waals surface area contributed by atoms with Crippen LogP contribution in [0.4, 0.5) is 5.82 Å². The Hall–Kier alpha value is -2.26. The third kappa shape index (κ3) is 3.01. The maximum absolute atomic E-state index is 10.2. The number of aliphatic hydroxyl groups is 2. The van der Waals surface area contributed by atoms with Crippen molar-refractivity contribution in [2.24, 2.45) is 0 Å². The van der Waals surface area contributed by atoms with Crippen LogP contribution in [-0.2, 0) is 11.3 Å². The first-order chi connectivity index (χ1) is 12.5. The van der Waals surface area contributed by atoms with Crippen LogP contribution in [0.5, 0.6) is 0 Å². The molecule has 26 heavy (non-hydrogen) atoms. The standard InChI is InChI=1S/C17H18ClN5O3/c1-9-13(24)14(25)17(26-9)23-8-22-12-15(20-7-21-16(12)23)19-6-10-2-4-11(18)5-3-10/h2-5,7-9,13-14,17,24-25H,6H2,1H3,(H,19,20,21)/t9-,13-,14-,17-/m1/s1. The van der Waals surface area contributed by atoms with Crippen LogP contribution < -0.4 is 5.32 Å². The zero-order chi connectivity index (χ0) is 18.3. The lowest BCUT2D eigenvalue weighted by molar-refractivity contribution is -0.0299. The van der Waals surface area contributed by atoms with Crippen molar-refractivity contribution < 1.29 is 14.9 Å². The summed E-state index contributed by atoms with van der Waals surface area (Å²) in [6.07, 6.45) is -0.275. The largest absolute Gasteiger partial charge is 0.388 e. The van der Waals surface area contributed by atoms with E-state index in [1.807, 2.05) is 24.3 Å². The van der Waals surface area contributed by atoms with Crippen molar-refractivity contribution in [1.29, 1.82) is 0 Å². The van der Waals surface area contributed by atoms with Crippen LogP contribution in [0.25, 0.3) is 11.2 Å². The summed E-state index contributed by atoms with van der Waals surface area (Å²) in [7, 11) is 0. The average molecular weight is 376 g/mol. The SMILES string of the molecule is C[C@H]1O[C@@H](n2cnc3c(NCc4ccc(Cl)cc4)ncnc32)[C@H](O)[C@@H]1O. The van der Waals surface area contributed by atoms with Gasteiger partial charge in [0.25, 0.3) is 0 Å². The van der Waals surface area contributed by atoms with Crippen molar-refractivity contribution >= 4 is 28.6 Å². The second kappa shape index (κ2) is 6.81. The molecule has 3 N–H and O–H groups in total. The zero-order valence-electron chi connectivity index (χ0n) is 14.0. The van der Waals surface area contributed by atoms with Gasteiger partial charge in [-0.2, -0.15) is 0 Å². The molecule has 0 amide bonds. The van der Waals surface area contributed by atoms with Crippen molar-refractivity contribution in [3.63, 3.8) is 0 Å². The van der Waals surface area contributed by atoms with Gasteiger partial charge < -0.3 is 20.3 Å². The van der Waals surface area contributed by atoms with E-state index in [2.05, 4.69) is 20.3 Å². The predicted octanol–water partition coefficient (Wildman–Crippen LogP) is 1.73. The molecule has 1 aromatic carbocycles. The Labute approximate surface area is 154 Å². The smallest absolute Gasteiger partial charge is 0.167 e. The van der Waals surface area contributed by atoms with Crippen LogP contribution in [-0.4, -0.2) is 48.0 Å². The number of anilines is 1. The summed E-state index contributed by atoms with van der Waals surface area (Å²) >= 11 is 5.90. The highest BCUT2D eigenvalue weighted by Gasteiger charge is 2.42. The van der Waals surface area contributed by atoms with Crippen molar-refractivity contribution in [3.05, 3.63) is 47.5 Å². The highest BCUT2D eigenvalue weighted by atomic mass is 35.5. The van der Waals surface area contributed by atoms with Crippen LogP contribution in [0.3, 0.4) is 0 Å². The molecule has 0 bridgehead atoms. The quantitative estimate of drug-likeness (QED) is 0.637. The first-order valence-corrected chi connectivity index (χ1v) is 8.60. The number of ether oxygens (including phenoxy) is 1. The van der Waals surface area contributed by atoms with Crippen molar-refractivity contribution in [3.8, 4) is 0 Å². The average Bonchev–Trinajstić information content (AvgIpc) is 3.18. The van der Waals surface area contributed by atoms with Gasteiger partial charge in [-0.15, -0.1) is 0 Å². The van der Waals surface area contributed by atoms with Gasteiger partial charge in [-0.3, -0.25) is 4.57 Å². The van der Waals surface area contributed by atoms with Crippen LogP contribution in [0.2, 0.25) is 5.02 Å². The summed E-state index contributed by atoms with van der Waals surface area (Å²) in [5, 5.41) is 24.1. The minimum Gasteiger partial charge on any atom is -0.388 e. The number of benzene rings is 1. The summed E-state index contributed by atoms with van der Waals surface area (Å²) in [4.78, 5) is 12.9. The monoisotopic (exact) mass is 375 g/mol. The van der Waals surface area contributed by atoms with Gasteiger partial charge in [0.1, 0.15) is 18.5 Å². The van der Waals surface area contributed by atoms with Gasteiger partial charge in [-0.25, -0.2) is 15.0 Å². The lowest BCUT2D eigenvalue weighted by Gasteiger charge is -2.16. The fraction of sp³-hybridized carbons (Fsp3) is 0.353. The molecule has 4 atom stereocenters. The Morgan fingerprint density at radius 2 is 1.92 bits per heavy atom. The molecule has 1 aliphatic rings. The lowest BCUT2D eigenvalue weighted by Crippen LogP contribution is -2.30. The molecular formula is C17H18ClN5O3. The summed E-state index contributed by atoms with van der Waals surface area (Å²) in [6, 6.07) is 7.51. The van der Waals surface area contributed by atoms with E-state index < -0.39 is 24.5 Å². The number of rotatable bonds is 4. The minimum atomic E-state index is -1.05. The number of imidazole rings is 1. The van der Waals surface area contributed by atoms with E-state index in [4.69, 9.17) is 16.3 Å². The number of fused-ring (bicyclic) bond motifs is 1. The topological polar surface area (TPSA) is 105 Å². The Morgan fingerprint density at radius 1 is 1.15 bits per heavy atom. The van der Waals surface area contributed by atoms with Gasteiger partial charge in [-0.1, -0.05) is 23.7 Å². The van der Waals surface area contributed by atoms with E-state index in [0.29, 0.717) is 28.5 Å². The molecule has 0 radical (unpaired) electrons. The van der Waals surface area contributed by atoms with E-state index in [1.54, 1.807) is 11.5 Å². The molecule has 1 aliphatic heterocycles. The number of hydrogen-bond acceptors (Lipinski definition) is 7. The van der Waals surface area contributed by atoms with Gasteiger partial charge in [0, 0.05) is 11.6 Å². The van der Waals surface area contributed by atoms with Crippen molar-refractivity contribution in [2.45, 2.75) is 38.0 Å². The molecule has 0 saturated carbocycles. The fourth-order valence-electron chi connectivity index (χ4n) is 3.01. The summed E-state index contributed by atoms with van der Waals surface area (Å²) < 4.78 is 7.26. The third-order valence-electron chi connectivity index (χ3n) is 4.48. The summed E-state index contributed by atoms with van der Waals surface area (Å²) in [5.41, 5.74) is 2.13. The van der Waals surface area contributed by atoms with E-state index >= 15 is 0 Å². The molecule has 0 spiro atoms. The van der Waals surface area contributed by atoms with E-state index in [1.165, 1.54) is 12.7 Å². The number of nitrogens with zero attached hydrogens (tertiary/aromatic N) is 4. The molecule has 4 rings (SSSR count). The number of hydrogen-bond donors (Lipinski definition) is 3. The number of nitrogens with one attached hydrogen (secondary N) is 1. The fourth-order valence-corrected chi connectivity index (χ4v) is 3.14. The molecular weight excluding hydrogens is 358 g/mol. The molecule has 3 heterocycles. The van der Waals surface area contributed by atoms with Crippen molar-refractivity contribution in [2.75, 3.05) is 5.32 Å². The normalized spacial score (nSPS) is 25.7. The molecule has 1 fully saturated rings. The van der Waals surface area contributed by atoms with Crippen LogP contribution in [0, 0.1) is 0 Å². The Bertz CT molecular complexity index is 916. The second-order valence-electron chi connectivity index (χ2n) is 6.24. The first kappa shape index (κ1) is 17.2.